The maximum Gasteiger partial charge on any atom is 2.00 e. The Morgan fingerprint density at radius 2 is 1.05 bits per heavy atom. The van der Waals surface area contributed by atoms with Gasteiger partial charge in [0.05, 0.1) is 0 Å². The Kier molecular flexibility index (Phi) is 10.0. The van der Waals surface area contributed by atoms with Crippen LogP contribution in [0.5, 0.6) is 23.0 Å². The summed E-state index contributed by atoms with van der Waals surface area (Å²) < 4.78 is 19.6. The minimum atomic E-state index is -2.07. The van der Waals surface area contributed by atoms with E-state index in [1.807, 2.05) is 66.7 Å². The Morgan fingerprint density at radius 3 is 1.41 bits per heavy atom. The van der Waals surface area contributed by atoms with Gasteiger partial charge in [-0.05, 0) is 70.7 Å². The van der Waals surface area contributed by atoms with E-state index in [0.717, 1.165) is 11.5 Å². The smallest absolute Gasteiger partial charge is 1.00 e. The molecule has 0 spiro atoms. The summed E-state index contributed by atoms with van der Waals surface area (Å²) in [6.07, 6.45) is 0. The Hall–Kier alpha value is -1.30. The molecule has 4 rings (SSSR count). The second kappa shape index (κ2) is 11.5. The van der Waals surface area contributed by atoms with Crippen molar-refractivity contribution < 1.29 is 35.7 Å². The van der Waals surface area contributed by atoms with Crippen LogP contribution in [-0.2, 0) is 5.60 Å². The van der Waals surface area contributed by atoms with Gasteiger partial charge in [0.15, 0.2) is 0 Å². The molecule has 0 aromatic heterocycles. The topological polar surface area (TPSA) is 50.8 Å². The van der Waals surface area contributed by atoms with E-state index in [0.29, 0.717) is 28.2 Å². The van der Waals surface area contributed by atoms with Gasteiger partial charge in [0.25, 0.3) is 0 Å². The van der Waals surface area contributed by atoms with Gasteiger partial charge in [-0.1, -0.05) is 84.0 Å². The zero-order valence-corrected chi connectivity index (χ0v) is 30.1. The normalized spacial score (nSPS) is 14.5. The molecule has 39 heavy (non-hydrogen) atoms. The summed E-state index contributed by atoms with van der Waals surface area (Å²) in [5, 5.41) is 15.0. The van der Waals surface area contributed by atoms with Crippen LogP contribution in [0.3, 0.4) is 0 Å². The fourth-order valence-electron chi connectivity index (χ4n) is 4.03. The third kappa shape index (κ3) is 6.46. The van der Waals surface area contributed by atoms with Crippen LogP contribution < -0.4 is 35.7 Å². The SMILES string of the molecule is CC(C)(C)[Si](C)(C)Oc1ccc2c(c1)Oc1cc(O[Si](C)(C)C(C)(C)C)ccc1C2([O-])c1ccccc1.[Br-].[Mg+2]. The average Bonchev–Trinajstić information content (AvgIpc) is 2.77. The Balaban J connectivity index is 0.00000267. The summed E-state index contributed by atoms with van der Waals surface area (Å²) in [6, 6.07) is 20.9. The number of rotatable bonds is 5. The van der Waals surface area contributed by atoms with Crippen LogP contribution in [0.4, 0.5) is 0 Å². The molecule has 3 aromatic carbocycles. The van der Waals surface area contributed by atoms with Crippen LogP contribution in [0, 0.1) is 0 Å². The molecule has 0 bridgehead atoms. The van der Waals surface area contributed by atoms with Gasteiger partial charge in [0, 0.05) is 12.1 Å². The van der Waals surface area contributed by atoms with E-state index in [9.17, 15) is 5.11 Å². The van der Waals surface area contributed by atoms with E-state index in [1.165, 1.54) is 0 Å². The van der Waals surface area contributed by atoms with Crippen LogP contribution >= 0.6 is 0 Å². The Labute approximate surface area is 263 Å². The molecule has 0 atom stereocenters. The molecule has 1 heterocycles. The summed E-state index contributed by atoms with van der Waals surface area (Å²) in [6.45, 7) is 22.2. The molecule has 0 fully saturated rings. The van der Waals surface area contributed by atoms with E-state index in [4.69, 9.17) is 13.6 Å². The second-order valence-electron chi connectivity index (χ2n) is 13.2. The van der Waals surface area contributed by atoms with Crippen molar-refractivity contribution in [2.75, 3.05) is 0 Å². The molecule has 8 heteroatoms. The van der Waals surface area contributed by atoms with Crippen LogP contribution in [0.1, 0.15) is 58.2 Å². The predicted molar refractivity (Wildman–Crippen MR) is 161 cm³/mol. The van der Waals surface area contributed by atoms with Gasteiger partial charge in [-0.2, -0.15) is 0 Å². The molecule has 1 aliphatic rings. The van der Waals surface area contributed by atoms with Crippen molar-refractivity contribution in [1.29, 1.82) is 0 Å². The first kappa shape index (κ1) is 33.9. The van der Waals surface area contributed by atoms with Crippen molar-refractivity contribution in [2.24, 2.45) is 0 Å². The average molecular weight is 638 g/mol. The molecule has 0 radical (unpaired) electrons. The molecular formula is C31H41BrMgO4Si2. The Bertz CT molecular complexity index is 1220. The molecular weight excluding hydrogens is 597 g/mol. The molecule has 0 saturated heterocycles. The van der Waals surface area contributed by atoms with Crippen molar-refractivity contribution in [3.63, 3.8) is 0 Å². The standard InChI is InChI=1S/C31H41O4Si2.BrH.Mg/c1-29(2,3)36(7,8)34-23-16-18-25-27(20-23)33-28-21-24(35-37(9,10)30(4,5)6)17-19-26(28)31(25,32)22-14-12-11-13-15-22;;/h11-21H,1-10H3;1H;/q-1;;+2/p-1. The van der Waals surface area contributed by atoms with Gasteiger partial charge in [0.2, 0.25) is 16.6 Å². The van der Waals surface area contributed by atoms with Gasteiger partial charge >= 0.3 is 23.1 Å². The third-order valence-electron chi connectivity index (χ3n) is 8.42. The predicted octanol–water partition coefficient (Wildman–Crippen LogP) is 4.84. The zero-order chi connectivity index (χ0) is 27.4. The summed E-state index contributed by atoms with van der Waals surface area (Å²) in [4.78, 5) is 0. The number of fused-ring (bicyclic) bond motifs is 2. The van der Waals surface area contributed by atoms with Crippen molar-refractivity contribution >= 4 is 39.7 Å². The first-order chi connectivity index (χ1) is 17.0. The van der Waals surface area contributed by atoms with Crippen molar-refractivity contribution in [3.8, 4) is 23.0 Å². The number of ether oxygens (including phenoxy) is 1. The molecule has 0 N–H and O–H groups in total. The largest absolute Gasteiger partial charge is 2.00 e. The molecule has 0 saturated carbocycles. The second-order valence-corrected chi connectivity index (χ2v) is 22.6. The molecule has 206 valence electrons. The van der Waals surface area contributed by atoms with Crippen LogP contribution in [0.25, 0.3) is 0 Å². The van der Waals surface area contributed by atoms with Gasteiger partial charge in [0.1, 0.15) is 23.0 Å². The van der Waals surface area contributed by atoms with Gasteiger partial charge in [-0.15, -0.1) is 0 Å². The van der Waals surface area contributed by atoms with Crippen molar-refractivity contribution in [3.05, 3.63) is 83.4 Å². The summed E-state index contributed by atoms with van der Waals surface area (Å²) in [5.41, 5.74) is 0.241. The number of halogens is 1. The maximum atomic E-state index is 14.9. The zero-order valence-electron chi connectivity index (χ0n) is 25.1. The number of hydrogen-bond acceptors (Lipinski definition) is 4. The summed E-state index contributed by atoms with van der Waals surface area (Å²) >= 11 is 0. The monoisotopic (exact) mass is 636 g/mol. The van der Waals surface area contributed by atoms with E-state index in [2.05, 4.69) is 67.7 Å². The molecule has 1 aliphatic heterocycles. The van der Waals surface area contributed by atoms with Crippen LogP contribution in [0.15, 0.2) is 66.7 Å². The minimum Gasteiger partial charge on any atom is -1.00 e. The van der Waals surface area contributed by atoms with Crippen molar-refractivity contribution in [2.45, 2.75) is 83.4 Å². The number of hydrogen-bond donors (Lipinski definition) is 0. The molecule has 0 aliphatic carbocycles. The van der Waals surface area contributed by atoms with E-state index >= 15 is 0 Å². The number of benzene rings is 3. The third-order valence-corrected chi connectivity index (χ3v) is 17.1. The van der Waals surface area contributed by atoms with E-state index in [1.54, 1.807) is 0 Å². The molecule has 3 aromatic rings. The van der Waals surface area contributed by atoms with Crippen LogP contribution in [-0.4, -0.2) is 39.7 Å². The first-order valence-corrected chi connectivity index (χ1v) is 18.9. The quantitative estimate of drug-likeness (QED) is 0.376. The maximum absolute atomic E-state index is 14.9. The van der Waals surface area contributed by atoms with Crippen molar-refractivity contribution in [1.82, 2.24) is 0 Å². The molecule has 0 unspecified atom stereocenters. The van der Waals surface area contributed by atoms with Gasteiger partial charge in [-0.25, -0.2) is 0 Å². The fraction of sp³-hybridized carbons (Fsp3) is 0.419. The van der Waals surface area contributed by atoms with Crippen LogP contribution in [0.2, 0.25) is 36.3 Å². The summed E-state index contributed by atoms with van der Waals surface area (Å²) in [5.74, 6) is 2.54. The minimum absolute atomic E-state index is 0. The van der Waals surface area contributed by atoms with E-state index in [-0.39, 0.29) is 50.1 Å². The molecule has 4 nitrogen and oxygen atoms in total. The Morgan fingerprint density at radius 1 is 0.667 bits per heavy atom. The van der Waals surface area contributed by atoms with E-state index < -0.39 is 22.2 Å². The first-order valence-electron chi connectivity index (χ1n) is 13.1. The van der Waals surface area contributed by atoms with Gasteiger partial charge in [-0.3, -0.25) is 0 Å². The fourth-order valence-corrected chi connectivity index (χ4v) is 6.07. The molecule has 0 amide bonds. The summed E-state index contributed by atoms with van der Waals surface area (Å²) in [7, 11) is -4.13. The van der Waals surface area contributed by atoms with Gasteiger partial charge < -0.3 is 35.7 Å².